The van der Waals surface area contributed by atoms with Gasteiger partial charge in [0.05, 0.1) is 13.2 Å². The van der Waals surface area contributed by atoms with Crippen LogP contribution in [0, 0.1) is 0 Å². The maximum Gasteiger partial charge on any atom is 0.119 e. The SMILES string of the molecule is CCOc1cccc(CN(C)CCO)c1. The van der Waals surface area contributed by atoms with Gasteiger partial charge in [-0.1, -0.05) is 12.1 Å². The van der Waals surface area contributed by atoms with Crippen molar-refractivity contribution in [3.8, 4) is 5.75 Å². The molecule has 1 rings (SSSR count). The van der Waals surface area contributed by atoms with E-state index in [1.165, 1.54) is 5.56 Å². The van der Waals surface area contributed by atoms with E-state index < -0.39 is 0 Å². The molecule has 0 bridgehead atoms. The normalized spacial score (nSPS) is 10.7. The summed E-state index contributed by atoms with van der Waals surface area (Å²) in [6.07, 6.45) is 0. The quantitative estimate of drug-likeness (QED) is 0.771. The van der Waals surface area contributed by atoms with Crippen LogP contribution in [-0.2, 0) is 6.54 Å². The van der Waals surface area contributed by atoms with E-state index in [2.05, 4.69) is 11.0 Å². The molecule has 0 aliphatic rings. The Morgan fingerprint density at radius 3 is 2.87 bits per heavy atom. The maximum atomic E-state index is 8.79. The van der Waals surface area contributed by atoms with Crippen LogP contribution < -0.4 is 4.74 Å². The van der Waals surface area contributed by atoms with E-state index in [4.69, 9.17) is 9.84 Å². The Kier molecular flexibility index (Phi) is 5.15. The van der Waals surface area contributed by atoms with Gasteiger partial charge in [0, 0.05) is 13.1 Å². The van der Waals surface area contributed by atoms with Gasteiger partial charge in [0.2, 0.25) is 0 Å². The second-order valence-corrected chi connectivity index (χ2v) is 3.54. The average molecular weight is 209 g/mol. The second kappa shape index (κ2) is 6.43. The van der Waals surface area contributed by atoms with Crippen LogP contribution in [0.15, 0.2) is 24.3 Å². The molecule has 0 unspecified atom stereocenters. The van der Waals surface area contributed by atoms with Crippen molar-refractivity contribution in [1.29, 1.82) is 0 Å². The van der Waals surface area contributed by atoms with Crippen molar-refractivity contribution >= 4 is 0 Å². The molecule has 1 aromatic rings. The number of aliphatic hydroxyl groups is 1. The number of likely N-dealkylation sites (N-methyl/N-ethyl adjacent to an activating group) is 1. The van der Waals surface area contributed by atoms with E-state index in [1.54, 1.807) is 0 Å². The predicted molar refractivity (Wildman–Crippen MR) is 61.0 cm³/mol. The van der Waals surface area contributed by atoms with E-state index in [-0.39, 0.29) is 6.61 Å². The van der Waals surface area contributed by atoms with Crippen LogP contribution in [0.4, 0.5) is 0 Å². The van der Waals surface area contributed by atoms with Crippen LogP contribution in [0.25, 0.3) is 0 Å². The zero-order chi connectivity index (χ0) is 11.1. The number of nitrogens with zero attached hydrogens (tertiary/aromatic N) is 1. The summed E-state index contributed by atoms with van der Waals surface area (Å²) >= 11 is 0. The van der Waals surface area contributed by atoms with Crippen molar-refractivity contribution in [2.24, 2.45) is 0 Å². The molecule has 0 aliphatic carbocycles. The predicted octanol–water partition coefficient (Wildman–Crippen LogP) is 1.51. The summed E-state index contributed by atoms with van der Waals surface area (Å²) in [5.41, 5.74) is 1.21. The molecule has 0 spiro atoms. The molecule has 15 heavy (non-hydrogen) atoms. The number of ether oxygens (including phenoxy) is 1. The van der Waals surface area contributed by atoms with Gasteiger partial charge in [-0.25, -0.2) is 0 Å². The zero-order valence-corrected chi connectivity index (χ0v) is 9.44. The van der Waals surface area contributed by atoms with Gasteiger partial charge in [-0.05, 0) is 31.7 Å². The Balaban J connectivity index is 2.56. The number of aliphatic hydroxyl groups excluding tert-OH is 1. The lowest BCUT2D eigenvalue weighted by Crippen LogP contribution is -2.21. The van der Waals surface area contributed by atoms with Crippen molar-refractivity contribution in [3.63, 3.8) is 0 Å². The summed E-state index contributed by atoms with van der Waals surface area (Å²) in [6, 6.07) is 8.06. The van der Waals surface area contributed by atoms with Crippen molar-refractivity contribution in [3.05, 3.63) is 29.8 Å². The Labute approximate surface area is 91.3 Å². The number of hydrogen-bond acceptors (Lipinski definition) is 3. The Hall–Kier alpha value is -1.06. The fourth-order valence-electron chi connectivity index (χ4n) is 1.46. The van der Waals surface area contributed by atoms with Gasteiger partial charge in [0.25, 0.3) is 0 Å². The summed E-state index contributed by atoms with van der Waals surface area (Å²) in [7, 11) is 1.99. The molecule has 0 saturated carbocycles. The third-order valence-corrected chi connectivity index (χ3v) is 2.14. The van der Waals surface area contributed by atoms with E-state index in [1.807, 2.05) is 32.2 Å². The van der Waals surface area contributed by atoms with Crippen LogP contribution in [-0.4, -0.2) is 36.8 Å². The first kappa shape index (κ1) is 12.0. The van der Waals surface area contributed by atoms with Gasteiger partial charge < -0.3 is 9.84 Å². The molecule has 3 nitrogen and oxygen atoms in total. The molecule has 0 radical (unpaired) electrons. The lowest BCUT2D eigenvalue weighted by Gasteiger charge is -2.15. The van der Waals surface area contributed by atoms with Crippen LogP contribution >= 0.6 is 0 Å². The lowest BCUT2D eigenvalue weighted by atomic mass is 10.2. The van der Waals surface area contributed by atoms with Gasteiger partial charge in [0.1, 0.15) is 5.75 Å². The minimum absolute atomic E-state index is 0.196. The molecule has 1 N–H and O–H groups in total. The lowest BCUT2D eigenvalue weighted by molar-refractivity contribution is 0.217. The van der Waals surface area contributed by atoms with Gasteiger partial charge in [0.15, 0.2) is 0 Å². The van der Waals surface area contributed by atoms with Crippen LogP contribution in [0.1, 0.15) is 12.5 Å². The first-order chi connectivity index (χ1) is 7.26. The highest BCUT2D eigenvalue weighted by Crippen LogP contribution is 2.14. The Morgan fingerprint density at radius 1 is 1.40 bits per heavy atom. The minimum Gasteiger partial charge on any atom is -0.494 e. The van der Waals surface area contributed by atoms with Gasteiger partial charge in [-0.2, -0.15) is 0 Å². The molecular formula is C12H19NO2. The molecule has 84 valence electrons. The molecule has 1 aromatic carbocycles. The summed E-state index contributed by atoms with van der Waals surface area (Å²) in [6.45, 7) is 4.39. The fraction of sp³-hybridized carbons (Fsp3) is 0.500. The monoisotopic (exact) mass is 209 g/mol. The number of rotatable bonds is 6. The van der Waals surface area contributed by atoms with E-state index in [9.17, 15) is 0 Å². The summed E-state index contributed by atoms with van der Waals surface area (Å²) < 4.78 is 5.42. The van der Waals surface area contributed by atoms with Gasteiger partial charge in [-0.15, -0.1) is 0 Å². The average Bonchev–Trinajstić information content (AvgIpc) is 2.19. The summed E-state index contributed by atoms with van der Waals surface area (Å²) in [5.74, 6) is 0.910. The van der Waals surface area contributed by atoms with E-state index in [0.717, 1.165) is 12.3 Å². The van der Waals surface area contributed by atoms with Crippen molar-refractivity contribution in [1.82, 2.24) is 4.90 Å². The molecule has 3 heteroatoms. The Bertz CT molecular complexity index is 289. The number of benzene rings is 1. The molecule has 0 heterocycles. The topological polar surface area (TPSA) is 32.7 Å². The number of hydrogen-bond donors (Lipinski definition) is 1. The fourth-order valence-corrected chi connectivity index (χ4v) is 1.46. The highest BCUT2D eigenvalue weighted by atomic mass is 16.5. The van der Waals surface area contributed by atoms with Crippen LogP contribution in [0.3, 0.4) is 0 Å². The maximum absolute atomic E-state index is 8.79. The molecule has 0 saturated heterocycles. The molecule has 0 atom stereocenters. The smallest absolute Gasteiger partial charge is 0.119 e. The minimum atomic E-state index is 0.196. The van der Waals surface area contributed by atoms with E-state index in [0.29, 0.717) is 13.2 Å². The first-order valence-corrected chi connectivity index (χ1v) is 5.27. The zero-order valence-electron chi connectivity index (χ0n) is 9.44. The highest BCUT2D eigenvalue weighted by Gasteiger charge is 2.00. The van der Waals surface area contributed by atoms with Crippen molar-refractivity contribution in [2.45, 2.75) is 13.5 Å². The molecule has 0 aliphatic heterocycles. The molecular weight excluding hydrogens is 190 g/mol. The largest absolute Gasteiger partial charge is 0.494 e. The third kappa shape index (κ3) is 4.32. The van der Waals surface area contributed by atoms with Crippen molar-refractivity contribution in [2.75, 3.05) is 26.8 Å². The summed E-state index contributed by atoms with van der Waals surface area (Å²) in [4.78, 5) is 2.07. The second-order valence-electron chi connectivity index (χ2n) is 3.54. The third-order valence-electron chi connectivity index (χ3n) is 2.14. The standard InChI is InChI=1S/C12H19NO2/c1-3-15-12-6-4-5-11(9-12)10-13(2)7-8-14/h4-6,9,14H,3,7-8,10H2,1-2H3. The highest BCUT2D eigenvalue weighted by molar-refractivity contribution is 5.28. The first-order valence-electron chi connectivity index (χ1n) is 5.27. The van der Waals surface area contributed by atoms with Crippen molar-refractivity contribution < 1.29 is 9.84 Å². The Morgan fingerprint density at radius 2 is 2.20 bits per heavy atom. The molecule has 0 fully saturated rings. The van der Waals surface area contributed by atoms with Crippen LogP contribution in [0.2, 0.25) is 0 Å². The van der Waals surface area contributed by atoms with Crippen LogP contribution in [0.5, 0.6) is 5.75 Å². The molecule has 0 amide bonds. The summed E-state index contributed by atoms with van der Waals surface area (Å²) in [5, 5.41) is 8.79. The molecule has 0 aromatic heterocycles. The van der Waals surface area contributed by atoms with Gasteiger partial charge in [-0.3, -0.25) is 4.90 Å². The van der Waals surface area contributed by atoms with E-state index >= 15 is 0 Å². The van der Waals surface area contributed by atoms with Gasteiger partial charge >= 0.3 is 0 Å².